The van der Waals surface area contributed by atoms with E-state index in [0.717, 1.165) is 24.4 Å². The van der Waals surface area contributed by atoms with Gasteiger partial charge in [-0.2, -0.15) is 0 Å². The number of aryl methyl sites for hydroxylation is 1. The number of aromatic nitrogens is 3. The molecule has 0 radical (unpaired) electrons. The highest BCUT2D eigenvalue weighted by Crippen LogP contribution is 2.41. The van der Waals surface area contributed by atoms with Crippen LogP contribution in [-0.4, -0.2) is 21.3 Å². The Labute approximate surface area is 95.0 Å². The third-order valence-corrected chi connectivity index (χ3v) is 3.85. The van der Waals surface area contributed by atoms with Crippen LogP contribution in [0.15, 0.2) is 0 Å². The van der Waals surface area contributed by atoms with Crippen LogP contribution in [0.5, 0.6) is 0 Å². The quantitative estimate of drug-likeness (QED) is 0.713. The zero-order chi connectivity index (χ0) is 11.0. The molecule has 0 atom stereocenters. The summed E-state index contributed by atoms with van der Waals surface area (Å²) in [7, 11) is 0. The maximum Gasteiger partial charge on any atom is 0.172 e. The van der Waals surface area contributed by atoms with Gasteiger partial charge >= 0.3 is 0 Å². The van der Waals surface area contributed by atoms with Crippen LogP contribution < -0.4 is 0 Å². The molecule has 0 spiro atoms. The molecule has 16 heavy (non-hydrogen) atoms. The summed E-state index contributed by atoms with van der Waals surface area (Å²) in [6, 6.07) is 0. The van der Waals surface area contributed by atoms with E-state index in [9.17, 15) is 4.79 Å². The van der Waals surface area contributed by atoms with Gasteiger partial charge in [-0.05, 0) is 25.2 Å². The van der Waals surface area contributed by atoms with Gasteiger partial charge in [0.2, 0.25) is 0 Å². The zero-order valence-corrected chi connectivity index (χ0v) is 9.43. The molecule has 4 nitrogen and oxygen atoms in total. The fraction of sp³-hybridized carbons (Fsp3) is 0.750. The number of hydrogen-bond donors (Lipinski definition) is 0. The Morgan fingerprint density at radius 3 is 2.69 bits per heavy atom. The highest BCUT2D eigenvalue weighted by Gasteiger charge is 2.31. The van der Waals surface area contributed by atoms with E-state index in [-0.39, 0.29) is 0 Å². The van der Waals surface area contributed by atoms with Crippen molar-refractivity contribution in [2.45, 2.75) is 51.0 Å². The number of aldehydes is 1. The van der Waals surface area contributed by atoms with Crippen LogP contribution >= 0.6 is 0 Å². The van der Waals surface area contributed by atoms with E-state index in [1.165, 1.54) is 38.5 Å². The van der Waals surface area contributed by atoms with Crippen molar-refractivity contribution >= 4 is 6.29 Å². The Hall–Kier alpha value is -1.19. The molecule has 86 valence electrons. The fourth-order valence-electron chi connectivity index (χ4n) is 2.45. The number of carbonyl (C=O) groups is 1. The van der Waals surface area contributed by atoms with Crippen molar-refractivity contribution < 1.29 is 4.79 Å². The lowest BCUT2D eigenvalue weighted by molar-refractivity contribution is 0.111. The highest BCUT2D eigenvalue weighted by atomic mass is 16.1. The van der Waals surface area contributed by atoms with Crippen LogP contribution in [0.4, 0.5) is 0 Å². The molecule has 2 aliphatic rings. The van der Waals surface area contributed by atoms with Gasteiger partial charge in [-0.15, -0.1) is 5.10 Å². The topological polar surface area (TPSA) is 47.8 Å². The predicted octanol–water partition coefficient (Wildman–Crippen LogP) is 2.16. The lowest BCUT2D eigenvalue weighted by Crippen LogP contribution is -2.15. The normalized spacial score (nSPS) is 20.8. The van der Waals surface area contributed by atoms with Crippen molar-refractivity contribution in [3.05, 3.63) is 11.4 Å². The van der Waals surface area contributed by atoms with Crippen LogP contribution in [0.3, 0.4) is 0 Å². The molecule has 2 aliphatic carbocycles. The molecule has 1 heterocycles. The Bertz CT molecular complexity index is 391. The van der Waals surface area contributed by atoms with E-state index in [0.29, 0.717) is 11.6 Å². The van der Waals surface area contributed by atoms with Crippen LogP contribution in [-0.2, 0) is 6.54 Å². The van der Waals surface area contributed by atoms with E-state index >= 15 is 0 Å². The van der Waals surface area contributed by atoms with Gasteiger partial charge in [-0.1, -0.05) is 24.5 Å². The Morgan fingerprint density at radius 2 is 2.12 bits per heavy atom. The Kier molecular flexibility index (Phi) is 2.50. The van der Waals surface area contributed by atoms with Gasteiger partial charge in [0.1, 0.15) is 5.69 Å². The molecule has 0 unspecified atom stereocenters. The third-order valence-electron chi connectivity index (χ3n) is 3.85. The second-order valence-corrected chi connectivity index (χ2v) is 5.06. The van der Waals surface area contributed by atoms with Gasteiger partial charge in [0.25, 0.3) is 0 Å². The average Bonchev–Trinajstić information content (AvgIpc) is 2.98. The molecule has 0 saturated heterocycles. The summed E-state index contributed by atoms with van der Waals surface area (Å²) >= 11 is 0. The van der Waals surface area contributed by atoms with Crippen molar-refractivity contribution in [2.75, 3.05) is 0 Å². The molecule has 0 aliphatic heterocycles. The summed E-state index contributed by atoms with van der Waals surface area (Å²) < 4.78 is 1.97. The maximum absolute atomic E-state index is 10.9. The predicted molar refractivity (Wildman–Crippen MR) is 59.3 cm³/mol. The van der Waals surface area contributed by atoms with Gasteiger partial charge in [-0.3, -0.25) is 4.79 Å². The molecule has 0 N–H and O–H groups in total. The first-order valence-electron chi connectivity index (χ1n) is 6.27. The van der Waals surface area contributed by atoms with Crippen LogP contribution in [0, 0.1) is 5.92 Å². The lowest BCUT2D eigenvalue weighted by Gasteiger charge is -2.25. The summed E-state index contributed by atoms with van der Waals surface area (Å²) in [4.78, 5) is 10.9. The number of nitrogens with zero attached hydrogens (tertiary/aromatic N) is 3. The molecular weight excluding hydrogens is 202 g/mol. The van der Waals surface area contributed by atoms with E-state index in [1.54, 1.807) is 0 Å². The summed E-state index contributed by atoms with van der Waals surface area (Å²) in [5.41, 5.74) is 1.66. The van der Waals surface area contributed by atoms with Gasteiger partial charge < -0.3 is 0 Å². The first-order valence-corrected chi connectivity index (χ1v) is 6.27. The van der Waals surface area contributed by atoms with Crippen LogP contribution in [0.2, 0.25) is 0 Å². The molecule has 0 bridgehead atoms. The molecule has 1 aromatic heterocycles. The average molecular weight is 219 g/mol. The fourth-order valence-corrected chi connectivity index (χ4v) is 2.45. The second kappa shape index (κ2) is 4.00. The first kappa shape index (κ1) is 10.00. The summed E-state index contributed by atoms with van der Waals surface area (Å²) in [6.07, 6.45) is 8.55. The minimum Gasteiger partial charge on any atom is -0.296 e. The molecule has 2 saturated carbocycles. The molecular formula is C12H17N3O. The minimum absolute atomic E-state index is 0.552. The van der Waals surface area contributed by atoms with Gasteiger partial charge in [0.05, 0.1) is 5.69 Å². The smallest absolute Gasteiger partial charge is 0.172 e. The van der Waals surface area contributed by atoms with Crippen LogP contribution in [0.1, 0.15) is 60.6 Å². The van der Waals surface area contributed by atoms with Gasteiger partial charge in [0.15, 0.2) is 6.29 Å². The van der Waals surface area contributed by atoms with Crippen LogP contribution in [0.25, 0.3) is 0 Å². The maximum atomic E-state index is 10.9. The van der Waals surface area contributed by atoms with Crippen molar-refractivity contribution in [2.24, 2.45) is 5.92 Å². The van der Waals surface area contributed by atoms with E-state index < -0.39 is 0 Å². The SMILES string of the molecule is O=Cc1nnn(CCC2CCC2)c1C1CC1. The second-order valence-electron chi connectivity index (χ2n) is 5.06. The number of hydrogen-bond acceptors (Lipinski definition) is 3. The molecule has 4 heteroatoms. The number of rotatable bonds is 5. The van der Waals surface area contributed by atoms with Crippen molar-refractivity contribution in [1.29, 1.82) is 0 Å². The molecule has 0 aromatic carbocycles. The van der Waals surface area contributed by atoms with E-state index in [2.05, 4.69) is 10.3 Å². The molecule has 3 rings (SSSR count). The largest absolute Gasteiger partial charge is 0.296 e. The molecule has 0 amide bonds. The summed E-state index contributed by atoms with van der Waals surface area (Å²) in [5.74, 6) is 1.44. The standard InChI is InChI=1S/C12H17N3O/c16-8-11-12(10-4-5-10)15(14-13-11)7-6-9-2-1-3-9/h8-10H,1-7H2. The van der Waals surface area contributed by atoms with Gasteiger partial charge in [0, 0.05) is 12.5 Å². The van der Waals surface area contributed by atoms with Crippen molar-refractivity contribution in [3.8, 4) is 0 Å². The zero-order valence-electron chi connectivity index (χ0n) is 9.43. The molecule has 1 aromatic rings. The van der Waals surface area contributed by atoms with E-state index in [4.69, 9.17) is 0 Å². The molecule has 2 fully saturated rings. The highest BCUT2D eigenvalue weighted by molar-refractivity contribution is 5.73. The first-order chi connectivity index (χ1) is 7.88. The Morgan fingerprint density at radius 1 is 1.31 bits per heavy atom. The van der Waals surface area contributed by atoms with Crippen molar-refractivity contribution in [1.82, 2.24) is 15.0 Å². The third kappa shape index (κ3) is 1.77. The summed E-state index contributed by atoms with van der Waals surface area (Å²) in [5, 5.41) is 8.08. The number of carbonyl (C=O) groups excluding carboxylic acids is 1. The monoisotopic (exact) mass is 219 g/mol. The van der Waals surface area contributed by atoms with E-state index in [1.807, 2.05) is 4.68 Å². The van der Waals surface area contributed by atoms with Gasteiger partial charge in [-0.25, -0.2) is 4.68 Å². The Balaban J connectivity index is 1.71. The van der Waals surface area contributed by atoms with Crippen molar-refractivity contribution in [3.63, 3.8) is 0 Å². The summed E-state index contributed by atoms with van der Waals surface area (Å²) in [6.45, 7) is 0.942. The minimum atomic E-state index is 0.552. The lowest BCUT2D eigenvalue weighted by atomic mass is 9.83.